The number of carbonyl (C=O) groups is 4. The Morgan fingerprint density at radius 1 is 0.267 bits per heavy atom. The first kappa shape index (κ1) is 99.1. The number of aliphatic hydroxyl groups is 1. The SMILES string of the molecule is CCCCCCCCCCCCCCCCCCCCCCCCC(=O)O[C@H](COC(=O)CCCCCCCCCCCCCCCCCCC(C)C)COP(=O)(O)OC[C@@H](O)COP(=O)(O)OC[C@@H](COC(=O)CCCCCCCCCCCC)OC(=O)CCCCCCCCCCCC. The van der Waals surface area contributed by atoms with Gasteiger partial charge in [-0.3, -0.25) is 37.3 Å². The molecule has 101 heavy (non-hydrogen) atoms. The molecule has 0 aromatic heterocycles. The van der Waals surface area contributed by atoms with E-state index >= 15 is 0 Å². The number of rotatable bonds is 82. The van der Waals surface area contributed by atoms with E-state index in [2.05, 4.69) is 34.6 Å². The molecule has 0 heterocycles. The number of unbranched alkanes of at least 4 members (excludes halogenated alkanes) is 54. The van der Waals surface area contributed by atoms with E-state index in [0.717, 1.165) is 95.8 Å². The van der Waals surface area contributed by atoms with E-state index in [-0.39, 0.29) is 25.7 Å². The van der Waals surface area contributed by atoms with Gasteiger partial charge in [0.05, 0.1) is 26.4 Å². The molecule has 19 heteroatoms. The second kappa shape index (κ2) is 74.9. The van der Waals surface area contributed by atoms with E-state index in [0.29, 0.717) is 25.7 Å². The van der Waals surface area contributed by atoms with Gasteiger partial charge in [0.1, 0.15) is 19.3 Å². The number of hydrogen-bond donors (Lipinski definition) is 3. The quantitative estimate of drug-likeness (QED) is 0.0222. The molecule has 0 aromatic carbocycles. The lowest BCUT2D eigenvalue weighted by molar-refractivity contribution is -0.161. The topological polar surface area (TPSA) is 237 Å². The van der Waals surface area contributed by atoms with E-state index < -0.39 is 97.5 Å². The van der Waals surface area contributed by atoms with E-state index in [1.807, 2.05) is 0 Å². The Morgan fingerprint density at radius 2 is 0.455 bits per heavy atom. The highest BCUT2D eigenvalue weighted by Crippen LogP contribution is 2.45. The van der Waals surface area contributed by atoms with Crippen LogP contribution in [-0.4, -0.2) is 96.7 Å². The molecule has 0 aliphatic rings. The first-order valence-electron chi connectivity index (χ1n) is 42.6. The van der Waals surface area contributed by atoms with Gasteiger partial charge in [-0.1, -0.05) is 388 Å². The minimum absolute atomic E-state index is 0.107. The van der Waals surface area contributed by atoms with Crippen LogP contribution in [0.15, 0.2) is 0 Å². The van der Waals surface area contributed by atoms with Gasteiger partial charge < -0.3 is 33.8 Å². The van der Waals surface area contributed by atoms with Crippen molar-refractivity contribution >= 4 is 39.5 Å². The summed E-state index contributed by atoms with van der Waals surface area (Å²) in [5.41, 5.74) is 0. The number of esters is 4. The fraction of sp³-hybridized carbons (Fsp3) is 0.951. The number of phosphoric acid groups is 2. The van der Waals surface area contributed by atoms with E-state index in [4.69, 9.17) is 37.0 Å². The number of ether oxygens (including phenoxy) is 4. The third-order valence-corrected chi connectivity index (χ3v) is 21.2. The molecule has 0 fully saturated rings. The summed E-state index contributed by atoms with van der Waals surface area (Å²) in [7, 11) is -9.91. The van der Waals surface area contributed by atoms with E-state index in [1.54, 1.807) is 0 Å². The Hall–Kier alpha value is -1.94. The highest BCUT2D eigenvalue weighted by Gasteiger charge is 2.30. The first-order valence-corrected chi connectivity index (χ1v) is 45.6. The van der Waals surface area contributed by atoms with Crippen LogP contribution in [0.4, 0.5) is 0 Å². The van der Waals surface area contributed by atoms with Crippen LogP contribution in [0.2, 0.25) is 0 Å². The van der Waals surface area contributed by atoms with Crippen LogP contribution < -0.4 is 0 Å². The van der Waals surface area contributed by atoms with Crippen molar-refractivity contribution in [1.82, 2.24) is 0 Å². The molecule has 0 aliphatic carbocycles. The molecule has 0 spiro atoms. The van der Waals surface area contributed by atoms with Gasteiger partial charge in [-0.25, -0.2) is 9.13 Å². The van der Waals surface area contributed by atoms with Gasteiger partial charge in [-0.15, -0.1) is 0 Å². The standard InChI is InChI=1S/C82H160O17P2/c1-6-9-12-15-18-21-24-25-26-27-28-29-30-31-32-37-40-43-48-53-58-63-68-82(87)99-78(72-93-80(85)66-61-56-51-47-42-39-36-34-33-35-38-41-44-49-54-59-64-75(4)5)74-97-101(90,91)95-70-76(83)69-94-100(88,89)96-73-77(98-81(86)67-62-57-52-46-23-20-17-14-11-8-3)71-92-79(84)65-60-55-50-45-22-19-16-13-10-7-2/h75-78,83H,6-74H2,1-5H3,(H,88,89)(H,90,91)/t76-,77+,78+/m0/s1. The average Bonchev–Trinajstić information content (AvgIpc) is 0.941. The number of carbonyl (C=O) groups excluding carboxylic acids is 4. The highest BCUT2D eigenvalue weighted by molar-refractivity contribution is 7.47. The Labute approximate surface area is 619 Å². The third-order valence-electron chi connectivity index (χ3n) is 19.3. The van der Waals surface area contributed by atoms with Crippen molar-refractivity contribution in [3.8, 4) is 0 Å². The van der Waals surface area contributed by atoms with Crippen molar-refractivity contribution in [2.24, 2.45) is 5.92 Å². The van der Waals surface area contributed by atoms with Crippen LogP contribution in [-0.2, 0) is 65.4 Å². The molecule has 0 bridgehead atoms. The monoisotopic (exact) mass is 1480 g/mol. The van der Waals surface area contributed by atoms with Gasteiger partial charge in [-0.05, 0) is 31.6 Å². The molecule has 2 unspecified atom stereocenters. The van der Waals surface area contributed by atoms with Gasteiger partial charge in [0.2, 0.25) is 0 Å². The molecule has 3 N–H and O–H groups in total. The first-order chi connectivity index (χ1) is 49.0. The number of hydrogen-bond acceptors (Lipinski definition) is 15. The molecule has 0 saturated heterocycles. The molecule has 5 atom stereocenters. The molecule has 0 aromatic rings. The molecule has 0 rings (SSSR count). The lowest BCUT2D eigenvalue weighted by Gasteiger charge is -2.21. The highest BCUT2D eigenvalue weighted by atomic mass is 31.2. The molecule has 0 aliphatic heterocycles. The Bertz CT molecular complexity index is 1930. The van der Waals surface area contributed by atoms with Crippen LogP contribution in [0.1, 0.15) is 439 Å². The Kier molecular flexibility index (Phi) is 73.5. The van der Waals surface area contributed by atoms with Crippen molar-refractivity contribution in [2.75, 3.05) is 39.6 Å². The zero-order valence-corrected chi connectivity index (χ0v) is 67.8. The molecular weight excluding hydrogens is 1320 g/mol. The lowest BCUT2D eigenvalue weighted by atomic mass is 10.0. The van der Waals surface area contributed by atoms with Crippen molar-refractivity contribution in [2.45, 2.75) is 457 Å². The summed E-state index contributed by atoms with van der Waals surface area (Å²) >= 11 is 0. The third kappa shape index (κ3) is 76.1. The van der Waals surface area contributed by atoms with Gasteiger partial charge in [0.25, 0.3) is 0 Å². The second-order valence-corrected chi connectivity index (χ2v) is 32.9. The van der Waals surface area contributed by atoms with Gasteiger partial charge in [0, 0.05) is 25.7 Å². The van der Waals surface area contributed by atoms with E-state index in [1.165, 1.54) is 263 Å². The van der Waals surface area contributed by atoms with Crippen LogP contribution in [0.5, 0.6) is 0 Å². The van der Waals surface area contributed by atoms with Crippen LogP contribution >= 0.6 is 15.6 Å². The maximum atomic E-state index is 13.1. The van der Waals surface area contributed by atoms with Gasteiger partial charge in [0.15, 0.2) is 12.2 Å². The van der Waals surface area contributed by atoms with Crippen molar-refractivity contribution in [3.63, 3.8) is 0 Å². The fourth-order valence-corrected chi connectivity index (χ4v) is 14.3. The number of aliphatic hydroxyl groups excluding tert-OH is 1. The normalized spacial score (nSPS) is 13.8. The minimum Gasteiger partial charge on any atom is -0.462 e. The largest absolute Gasteiger partial charge is 0.472 e. The minimum atomic E-state index is -4.96. The van der Waals surface area contributed by atoms with E-state index in [9.17, 15) is 43.2 Å². The molecule has 0 saturated carbocycles. The fourth-order valence-electron chi connectivity index (χ4n) is 12.8. The maximum Gasteiger partial charge on any atom is 0.472 e. The van der Waals surface area contributed by atoms with Crippen LogP contribution in [0.3, 0.4) is 0 Å². The lowest BCUT2D eigenvalue weighted by Crippen LogP contribution is -2.30. The zero-order chi connectivity index (χ0) is 74.1. The molecule has 17 nitrogen and oxygen atoms in total. The molecule has 600 valence electrons. The molecule has 0 amide bonds. The predicted molar refractivity (Wildman–Crippen MR) is 414 cm³/mol. The summed E-state index contributed by atoms with van der Waals surface area (Å²) in [6.07, 6.45) is 66.8. The summed E-state index contributed by atoms with van der Waals surface area (Å²) in [6.45, 7) is 7.34. The van der Waals surface area contributed by atoms with Crippen LogP contribution in [0.25, 0.3) is 0 Å². The molecular formula is C82H160O17P2. The van der Waals surface area contributed by atoms with Gasteiger partial charge >= 0.3 is 39.5 Å². The van der Waals surface area contributed by atoms with Crippen molar-refractivity contribution < 1.29 is 80.2 Å². The maximum absolute atomic E-state index is 13.1. The number of phosphoric ester groups is 2. The summed E-state index contributed by atoms with van der Waals surface area (Å²) in [5.74, 6) is -1.29. The van der Waals surface area contributed by atoms with Crippen LogP contribution in [0, 0.1) is 5.92 Å². The van der Waals surface area contributed by atoms with Crippen molar-refractivity contribution in [3.05, 3.63) is 0 Å². The summed E-state index contributed by atoms with van der Waals surface area (Å²) in [5, 5.41) is 10.6. The Morgan fingerprint density at radius 3 is 0.673 bits per heavy atom. The summed E-state index contributed by atoms with van der Waals surface area (Å²) in [4.78, 5) is 72.9. The Balaban J connectivity index is 5.17. The predicted octanol–water partition coefficient (Wildman–Crippen LogP) is 24.8. The average molecular weight is 1480 g/mol. The summed E-state index contributed by atoms with van der Waals surface area (Å²) in [6, 6.07) is 0. The van der Waals surface area contributed by atoms with Crippen molar-refractivity contribution in [1.29, 1.82) is 0 Å². The summed E-state index contributed by atoms with van der Waals surface area (Å²) < 4.78 is 68.6. The van der Waals surface area contributed by atoms with Gasteiger partial charge in [-0.2, -0.15) is 0 Å². The zero-order valence-electron chi connectivity index (χ0n) is 66.1. The second-order valence-electron chi connectivity index (χ2n) is 30.0. The molecule has 0 radical (unpaired) electrons. The smallest absolute Gasteiger partial charge is 0.462 e.